The van der Waals surface area contributed by atoms with Gasteiger partial charge in [-0.3, -0.25) is 14.9 Å². The lowest BCUT2D eigenvalue weighted by Gasteiger charge is -2.35. The molecule has 1 aliphatic rings. The van der Waals surface area contributed by atoms with Gasteiger partial charge in [0.05, 0.1) is 24.0 Å². The van der Waals surface area contributed by atoms with Crippen LogP contribution in [0.25, 0.3) is 0 Å². The smallest absolute Gasteiger partial charge is 0.0618 e. The molecule has 3 N–H and O–H groups in total. The molecule has 0 spiro atoms. The molecule has 0 radical (unpaired) electrons. The van der Waals surface area contributed by atoms with E-state index in [4.69, 9.17) is 10.7 Å². The van der Waals surface area contributed by atoms with Gasteiger partial charge in [0.25, 0.3) is 0 Å². The van der Waals surface area contributed by atoms with Crippen LogP contribution in [0.4, 0.5) is 0 Å². The Labute approximate surface area is 186 Å². The standard InChI is InChI=1S/C26H34N4O/c1-3-21(17-27)11-12-22(13-16-31)18-30(19-24-20(2)7-5-14-28-24)25-10-4-8-23-9-6-15-29-26(23)25/h3,5-7,9,11-15,25,31H,4,8,10,16-19,27H2,1-2H3/b12-11-,21-3+,22-13-. The highest BCUT2D eigenvalue weighted by Crippen LogP contribution is 2.34. The van der Waals surface area contributed by atoms with Crippen LogP contribution in [-0.4, -0.2) is 39.7 Å². The molecule has 1 aliphatic carbocycles. The average Bonchev–Trinajstić information content (AvgIpc) is 2.80. The molecule has 5 heteroatoms. The molecular weight excluding hydrogens is 384 g/mol. The molecule has 2 aromatic rings. The summed E-state index contributed by atoms with van der Waals surface area (Å²) in [5.74, 6) is 0. The zero-order valence-corrected chi connectivity index (χ0v) is 18.7. The molecule has 2 heterocycles. The largest absolute Gasteiger partial charge is 0.392 e. The van der Waals surface area contributed by atoms with Crippen LogP contribution >= 0.6 is 0 Å². The number of nitrogens with zero attached hydrogens (tertiary/aromatic N) is 3. The van der Waals surface area contributed by atoms with Crippen LogP contribution in [0.5, 0.6) is 0 Å². The lowest BCUT2D eigenvalue weighted by Crippen LogP contribution is -2.33. The average molecular weight is 419 g/mol. The van der Waals surface area contributed by atoms with Gasteiger partial charge < -0.3 is 10.8 Å². The van der Waals surface area contributed by atoms with Crippen LogP contribution in [0.3, 0.4) is 0 Å². The molecule has 1 atom stereocenters. The first-order valence-corrected chi connectivity index (χ1v) is 11.1. The lowest BCUT2D eigenvalue weighted by atomic mass is 9.90. The first-order chi connectivity index (χ1) is 15.2. The normalized spacial score (nSPS) is 17.4. The highest BCUT2D eigenvalue weighted by Gasteiger charge is 2.28. The van der Waals surface area contributed by atoms with Crippen molar-refractivity contribution in [3.05, 3.63) is 94.6 Å². The third kappa shape index (κ3) is 6.20. The summed E-state index contributed by atoms with van der Waals surface area (Å²) >= 11 is 0. The monoisotopic (exact) mass is 418 g/mol. The van der Waals surface area contributed by atoms with Crippen molar-refractivity contribution >= 4 is 0 Å². The first kappa shape index (κ1) is 23.1. The predicted octanol–water partition coefficient (Wildman–Crippen LogP) is 4.04. The van der Waals surface area contributed by atoms with Gasteiger partial charge in [0.15, 0.2) is 0 Å². The summed E-state index contributed by atoms with van der Waals surface area (Å²) in [4.78, 5) is 11.9. The predicted molar refractivity (Wildman–Crippen MR) is 126 cm³/mol. The number of aliphatic hydroxyl groups is 1. The lowest BCUT2D eigenvalue weighted by molar-refractivity contribution is 0.179. The fraction of sp³-hybridized carbons (Fsp3) is 0.385. The summed E-state index contributed by atoms with van der Waals surface area (Å²) in [7, 11) is 0. The number of nitrogens with two attached hydrogens (primary N) is 1. The second-order valence-corrected chi connectivity index (χ2v) is 7.99. The Bertz CT molecular complexity index is 948. The van der Waals surface area contributed by atoms with E-state index in [9.17, 15) is 5.11 Å². The summed E-state index contributed by atoms with van der Waals surface area (Å²) in [6.07, 6.45) is 15.0. The maximum absolute atomic E-state index is 9.64. The number of aryl methyl sites for hydroxylation is 2. The summed E-state index contributed by atoms with van der Waals surface area (Å²) in [5.41, 5.74) is 12.7. The number of aliphatic hydroxyl groups excluding tert-OH is 1. The Kier molecular flexibility index (Phi) is 8.71. The fourth-order valence-corrected chi connectivity index (χ4v) is 4.13. The molecule has 5 nitrogen and oxygen atoms in total. The minimum Gasteiger partial charge on any atom is -0.392 e. The zero-order chi connectivity index (χ0) is 22.1. The summed E-state index contributed by atoms with van der Waals surface area (Å²) in [5, 5.41) is 9.64. The number of fused-ring (bicyclic) bond motifs is 1. The van der Waals surface area contributed by atoms with Crippen LogP contribution < -0.4 is 5.73 Å². The van der Waals surface area contributed by atoms with Crippen LogP contribution in [0.1, 0.15) is 48.3 Å². The third-order valence-corrected chi connectivity index (χ3v) is 5.93. The molecule has 0 bridgehead atoms. The number of aromatic nitrogens is 2. The number of hydrogen-bond donors (Lipinski definition) is 2. The first-order valence-electron chi connectivity index (χ1n) is 11.1. The van der Waals surface area contributed by atoms with Crippen LogP contribution in [0.15, 0.2) is 72.1 Å². The topological polar surface area (TPSA) is 75.3 Å². The summed E-state index contributed by atoms with van der Waals surface area (Å²) < 4.78 is 0. The molecule has 0 aliphatic heterocycles. The molecule has 2 aromatic heterocycles. The Morgan fingerprint density at radius 3 is 2.71 bits per heavy atom. The zero-order valence-electron chi connectivity index (χ0n) is 18.7. The van der Waals surface area contributed by atoms with E-state index < -0.39 is 0 Å². The van der Waals surface area contributed by atoms with Crippen molar-refractivity contribution in [3.8, 4) is 0 Å². The van der Waals surface area contributed by atoms with Gasteiger partial charge >= 0.3 is 0 Å². The summed E-state index contributed by atoms with van der Waals surface area (Å²) in [6.45, 7) is 6.03. The molecule has 3 rings (SSSR count). The summed E-state index contributed by atoms with van der Waals surface area (Å²) in [6, 6.07) is 8.53. The molecular formula is C26H34N4O. The van der Waals surface area contributed by atoms with Crippen LogP contribution in [0, 0.1) is 6.92 Å². The van der Waals surface area contributed by atoms with Gasteiger partial charge in [-0.1, -0.05) is 36.4 Å². The van der Waals surface area contributed by atoms with Gasteiger partial charge in [-0.15, -0.1) is 0 Å². The minimum absolute atomic E-state index is 0.00340. The van der Waals surface area contributed by atoms with Crippen molar-refractivity contribution in [1.29, 1.82) is 0 Å². The number of pyridine rings is 2. The molecule has 1 unspecified atom stereocenters. The van der Waals surface area contributed by atoms with E-state index in [1.807, 2.05) is 49.7 Å². The Balaban J connectivity index is 1.94. The molecule has 0 aromatic carbocycles. The third-order valence-electron chi connectivity index (χ3n) is 5.93. The van der Waals surface area contributed by atoms with Gasteiger partial charge in [0.1, 0.15) is 0 Å². The van der Waals surface area contributed by atoms with Gasteiger partial charge in [0, 0.05) is 32.0 Å². The van der Waals surface area contributed by atoms with Crippen molar-refractivity contribution in [2.75, 3.05) is 19.7 Å². The fourth-order valence-electron chi connectivity index (χ4n) is 4.13. The van der Waals surface area contributed by atoms with E-state index in [2.05, 4.69) is 35.0 Å². The van der Waals surface area contributed by atoms with Crippen molar-refractivity contribution in [3.63, 3.8) is 0 Å². The molecule has 0 amide bonds. The molecule has 0 fully saturated rings. The van der Waals surface area contributed by atoms with E-state index in [0.717, 1.165) is 42.6 Å². The van der Waals surface area contributed by atoms with E-state index in [1.165, 1.54) is 16.8 Å². The Morgan fingerprint density at radius 2 is 1.97 bits per heavy atom. The Morgan fingerprint density at radius 1 is 1.19 bits per heavy atom. The number of hydrogen-bond acceptors (Lipinski definition) is 5. The Hall–Kier alpha value is -2.60. The highest BCUT2D eigenvalue weighted by molar-refractivity contribution is 5.31. The molecule has 164 valence electrons. The molecule has 0 saturated heterocycles. The minimum atomic E-state index is 0.00340. The molecule has 0 saturated carbocycles. The van der Waals surface area contributed by atoms with Gasteiger partial charge in [-0.2, -0.15) is 0 Å². The second-order valence-electron chi connectivity index (χ2n) is 7.99. The quantitative estimate of drug-likeness (QED) is 0.601. The van der Waals surface area contributed by atoms with Crippen molar-refractivity contribution in [1.82, 2.24) is 14.9 Å². The van der Waals surface area contributed by atoms with Gasteiger partial charge in [-0.25, -0.2) is 0 Å². The van der Waals surface area contributed by atoms with Gasteiger partial charge in [-0.05, 0) is 67.5 Å². The molecule has 31 heavy (non-hydrogen) atoms. The van der Waals surface area contributed by atoms with E-state index in [0.29, 0.717) is 13.1 Å². The maximum atomic E-state index is 9.64. The van der Waals surface area contributed by atoms with Crippen molar-refractivity contribution < 1.29 is 5.11 Å². The van der Waals surface area contributed by atoms with Crippen LogP contribution in [-0.2, 0) is 13.0 Å². The van der Waals surface area contributed by atoms with Crippen LogP contribution in [0.2, 0.25) is 0 Å². The van der Waals surface area contributed by atoms with E-state index >= 15 is 0 Å². The number of rotatable bonds is 9. The highest BCUT2D eigenvalue weighted by atomic mass is 16.2. The van der Waals surface area contributed by atoms with Gasteiger partial charge in [0.2, 0.25) is 0 Å². The second kappa shape index (κ2) is 11.7. The maximum Gasteiger partial charge on any atom is 0.0618 e. The SMILES string of the molecule is C\C=C(/C=C\C(=C\CO)CN(Cc1ncccc1C)C1CCCc2cccnc21)CN. The van der Waals surface area contributed by atoms with E-state index in [-0.39, 0.29) is 12.6 Å². The van der Waals surface area contributed by atoms with E-state index in [1.54, 1.807) is 0 Å². The van der Waals surface area contributed by atoms with Crippen molar-refractivity contribution in [2.45, 2.75) is 45.7 Å². The van der Waals surface area contributed by atoms with Crippen molar-refractivity contribution in [2.24, 2.45) is 5.73 Å². The number of allylic oxidation sites excluding steroid dienone is 1.